The summed E-state index contributed by atoms with van der Waals surface area (Å²) in [5.41, 5.74) is 0.309. The first-order valence-electron chi connectivity index (χ1n) is 4.44. The normalized spacial score (nSPS) is 11.8. The average Bonchev–Trinajstić information content (AvgIpc) is 2.12. The molecule has 1 aromatic carbocycles. The Labute approximate surface area is 91.9 Å². The first-order chi connectivity index (χ1) is 6.96. The molecule has 0 aliphatic rings. The van der Waals surface area contributed by atoms with Gasteiger partial charge in [0.25, 0.3) is 5.92 Å². The highest BCUT2D eigenvalue weighted by Gasteiger charge is 2.29. The lowest BCUT2D eigenvalue weighted by Gasteiger charge is -2.17. The van der Waals surface area contributed by atoms with Crippen molar-refractivity contribution in [1.29, 1.82) is 0 Å². The second-order valence-electron chi connectivity index (χ2n) is 3.28. The van der Waals surface area contributed by atoms with Gasteiger partial charge in [-0.1, -0.05) is 23.7 Å². The zero-order chi connectivity index (χ0) is 11.5. The molecule has 0 amide bonds. The van der Waals surface area contributed by atoms with Crippen LogP contribution in [0.5, 0.6) is 0 Å². The number of rotatable bonds is 4. The van der Waals surface area contributed by atoms with Crippen LogP contribution in [0.25, 0.3) is 0 Å². The Morgan fingerprint density at radius 3 is 2.67 bits per heavy atom. The van der Waals surface area contributed by atoms with Gasteiger partial charge in [0.05, 0.1) is 11.6 Å². The molecule has 0 radical (unpaired) electrons. The third kappa shape index (κ3) is 3.12. The van der Waals surface area contributed by atoms with Crippen LogP contribution < -0.4 is 5.90 Å². The summed E-state index contributed by atoms with van der Waals surface area (Å²) < 4.78 is 26.5. The molecule has 0 atom stereocenters. The van der Waals surface area contributed by atoms with Crippen molar-refractivity contribution >= 4 is 11.6 Å². The van der Waals surface area contributed by atoms with Crippen molar-refractivity contribution in [3.05, 3.63) is 34.3 Å². The van der Waals surface area contributed by atoms with Crippen molar-refractivity contribution in [2.75, 3.05) is 6.61 Å². The van der Waals surface area contributed by atoms with Crippen LogP contribution >= 0.6 is 11.6 Å². The Balaban J connectivity index is 3.09. The SMILES string of the molecule is CC(F)(F)c1c(Cl)cccc1CCON. The summed E-state index contributed by atoms with van der Waals surface area (Å²) in [7, 11) is 0. The maximum Gasteiger partial charge on any atom is 0.272 e. The van der Waals surface area contributed by atoms with E-state index in [0.29, 0.717) is 12.0 Å². The third-order valence-corrected chi connectivity index (χ3v) is 2.34. The first-order valence-corrected chi connectivity index (χ1v) is 4.82. The number of alkyl halides is 2. The molecule has 2 nitrogen and oxygen atoms in total. The Morgan fingerprint density at radius 2 is 2.13 bits per heavy atom. The number of hydrogen-bond acceptors (Lipinski definition) is 2. The molecule has 5 heteroatoms. The molecule has 0 fully saturated rings. The van der Waals surface area contributed by atoms with Crippen molar-refractivity contribution in [3.63, 3.8) is 0 Å². The second kappa shape index (κ2) is 4.88. The van der Waals surface area contributed by atoms with Crippen LogP contribution in [0.15, 0.2) is 18.2 Å². The summed E-state index contributed by atoms with van der Waals surface area (Å²) >= 11 is 5.74. The molecular formula is C10H12ClF2NO. The van der Waals surface area contributed by atoms with Crippen LogP contribution in [-0.4, -0.2) is 6.61 Å². The molecule has 0 aliphatic carbocycles. The summed E-state index contributed by atoms with van der Waals surface area (Å²) in [4.78, 5) is 4.37. The van der Waals surface area contributed by atoms with E-state index in [2.05, 4.69) is 4.84 Å². The highest BCUT2D eigenvalue weighted by atomic mass is 35.5. The molecule has 0 saturated heterocycles. The maximum absolute atomic E-state index is 13.2. The summed E-state index contributed by atoms with van der Waals surface area (Å²) in [6.07, 6.45) is 0.315. The monoisotopic (exact) mass is 235 g/mol. The standard InChI is InChI=1S/C10H12ClF2NO/c1-10(12,13)9-7(5-6-15-14)3-2-4-8(9)11/h2-4H,5-6,14H2,1H3. The minimum Gasteiger partial charge on any atom is -0.304 e. The van der Waals surface area contributed by atoms with Gasteiger partial charge < -0.3 is 4.84 Å². The third-order valence-electron chi connectivity index (χ3n) is 2.03. The molecule has 1 aromatic rings. The quantitative estimate of drug-likeness (QED) is 0.815. The largest absolute Gasteiger partial charge is 0.304 e. The fourth-order valence-electron chi connectivity index (χ4n) is 1.44. The van der Waals surface area contributed by atoms with Crippen LogP contribution in [0.4, 0.5) is 8.78 Å². The maximum atomic E-state index is 13.2. The number of nitrogens with two attached hydrogens (primary N) is 1. The van der Waals surface area contributed by atoms with Gasteiger partial charge in [-0.3, -0.25) is 0 Å². The fourth-order valence-corrected chi connectivity index (χ4v) is 1.80. The van der Waals surface area contributed by atoms with Crippen molar-refractivity contribution in [1.82, 2.24) is 0 Å². The van der Waals surface area contributed by atoms with E-state index in [0.717, 1.165) is 6.92 Å². The first kappa shape index (κ1) is 12.4. The molecule has 0 spiro atoms. The molecule has 15 heavy (non-hydrogen) atoms. The lowest BCUT2D eigenvalue weighted by atomic mass is 10.0. The van der Waals surface area contributed by atoms with Gasteiger partial charge >= 0.3 is 0 Å². The Hall–Kier alpha value is -0.710. The zero-order valence-corrected chi connectivity index (χ0v) is 9.02. The van der Waals surface area contributed by atoms with Crippen LogP contribution in [0, 0.1) is 0 Å². The van der Waals surface area contributed by atoms with E-state index in [-0.39, 0.29) is 17.2 Å². The highest BCUT2D eigenvalue weighted by molar-refractivity contribution is 6.31. The molecule has 84 valence electrons. The zero-order valence-electron chi connectivity index (χ0n) is 8.27. The molecule has 0 heterocycles. The fraction of sp³-hybridized carbons (Fsp3) is 0.400. The smallest absolute Gasteiger partial charge is 0.272 e. The predicted octanol–water partition coefficient (Wildman–Crippen LogP) is 2.88. The van der Waals surface area contributed by atoms with E-state index in [1.54, 1.807) is 12.1 Å². The summed E-state index contributed by atoms with van der Waals surface area (Å²) in [5, 5.41) is 0.0667. The van der Waals surface area contributed by atoms with Gasteiger partial charge in [-0.15, -0.1) is 0 Å². The lowest BCUT2D eigenvalue weighted by Crippen LogP contribution is -2.14. The summed E-state index contributed by atoms with van der Waals surface area (Å²) in [6, 6.07) is 4.67. The van der Waals surface area contributed by atoms with E-state index < -0.39 is 5.92 Å². The second-order valence-corrected chi connectivity index (χ2v) is 3.69. The Morgan fingerprint density at radius 1 is 1.47 bits per heavy atom. The van der Waals surface area contributed by atoms with Gasteiger partial charge in [-0.2, -0.15) is 0 Å². The van der Waals surface area contributed by atoms with Gasteiger partial charge in [0.1, 0.15) is 0 Å². The van der Waals surface area contributed by atoms with Gasteiger partial charge in [-0.05, 0) is 18.1 Å². The molecule has 0 bridgehead atoms. The minimum atomic E-state index is -2.96. The van der Waals surface area contributed by atoms with E-state index in [1.165, 1.54) is 6.07 Å². The number of halogens is 3. The molecule has 0 aromatic heterocycles. The van der Waals surface area contributed by atoms with Crippen LogP contribution in [-0.2, 0) is 17.2 Å². The summed E-state index contributed by atoms with van der Waals surface area (Å²) in [6.45, 7) is 1.00. The molecule has 2 N–H and O–H groups in total. The van der Waals surface area contributed by atoms with E-state index >= 15 is 0 Å². The predicted molar refractivity (Wildman–Crippen MR) is 54.9 cm³/mol. The van der Waals surface area contributed by atoms with Crippen LogP contribution in [0.3, 0.4) is 0 Å². The molecular weight excluding hydrogens is 224 g/mol. The van der Waals surface area contributed by atoms with Crippen LogP contribution in [0.1, 0.15) is 18.1 Å². The van der Waals surface area contributed by atoms with Gasteiger partial charge in [0, 0.05) is 12.5 Å². The van der Waals surface area contributed by atoms with E-state index in [1.807, 2.05) is 0 Å². The number of benzene rings is 1. The van der Waals surface area contributed by atoms with Gasteiger partial charge in [-0.25, -0.2) is 14.7 Å². The van der Waals surface area contributed by atoms with Crippen molar-refractivity contribution in [3.8, 4) is 0 Å². The molecule has 1 rings (SSSR count). The van der Waals surface area contributed by atoms with E-state index in [9.17, 15) is 8.78 Å². The van der Waals surface area contributed by atoms with Crippen LogP contribution in [0.2, 0.25) is 5.02 Å². The molecule has 0 unspecified atom stereocenters. The van der Waals surface area contributed by atoms with E-state index in [4.69, 9.17) is 17.5 Å². The Bertz CT molecular complexity index is 339. The van der Waals surface area contributed by atoms with Crippen molar-refractivity contribution < 1.29 is 13.6 Å². The minimum absolute atomic E-state index is 0.0667. The van der Waals surface area contributed by atoms with Gasteiger partial charge in [0.15, 0.2) is 0 Å². The average molecular weight is 236 g/mol. The van der Waals surface area contributed by atoms with Gasteiger partial charge in [0.2, 0.25) is 0 Å². The highest BCUT2D eigenvalue weighted by Crippen LogP contribution is 2.35. The Kier molecular flexibility index (Phi) is 4.02. The summed E-state index contributed by atoms with van der Waals surface area (Å²) in [5.74, 6) is 1.90. The lowest BCUT2D eigenvalue weighted by molar-refractivity contribution is 0.0162. The molecule has 0 saturated carbocycles. The van der Waals surface area contributed by atoms with Crippen molar-refractivity contribution in [2.24, 2.45) is 5.90 Å². The molecule has 0 aliphatic heterocycles. The number of hydrogen-bond donors (Lipinski definition) is 1. The van der Waals surface area contributed by atoms with Crippen molar-refractivity contribution in [2.45, 2.75) is 19.3 Å². The topological polar surface area (TPSA) is 35.2 Å².